The fraction of sp³-hybridized carbons (Fsp3) is 0.455. The molecule has 0 bridgehead atoms. The average Bonchev–Trinajstić information content (AvgIpc) is 2.78. The number of anilines is 2. The molecule has 2 aromatic rings. The molecule has 11 heteroatoms. The van der Waals surface area contributed by atoms with Crippen molar-refractivity contribution in [3.8, 4) is 0 Å². The van der Waals surface area contributed by atoms with E-state index in [1.54, 1.807) is 25.3 Å². The van der Waals surface area contributed by atoms with Crippen molar-refractivity contribution in [2.45, 2.75) is 31.5 Å². The molecule has 4 N–H and O–H groups in total. The first-order valence-corrected chi connectivity index (χ1v) is 10.8. The zero-order valence-electron chi connectivity index (χ0n) is 18.5. The molecule has 2 aliphatic heterocycles. The Balaban J connectivity index is 1.32. The number of alkyl carbamates (subject to hydrolysis) is 1. The van der Waals surface area contributed by atoms with Crippen molar-refractivity contribution < 1.29 is 18.7 Å². The highest BCUT2D eigenvalue weighted by Gasteiger charge is 2.29. The van der Waals surface area contributed by atoms with Crippen LogP contribution < -0.4 is 20.9 Å². The molecule has 0 aliphatic carbocycles. The minimum atomic E-state index is -0.888. The number of amides is 1. The zero-order chi connectivity index (χ0) is 23.4. The Morgan fingerprint density at radius 2 is 1.94 bits per heavy atom. The van der Waals surface area contributed by atoms with E-state index in [0.29, 0.717) is 17.1 Å². The third kappa shape index (κ3) is 5.30. The lowest BCUT2D eigenvalue weighted by Crippen LogP contribution is -2.52. The Kier molecular flexibility index (Phi) is 6.87. The van der Waals surface area contributed by atoms with Crippen LogP contribution in [0, 0.1) is 11.2 Å². The fourth-order valence-corrected chi connectivity index (χ4v) is 4.16. The van der Waals surface area contributed by atoms with Crippen LogP contribution in [0.1, 0.15) is 29.9 Å². The normalized spacial score (nSPS) is 16.9. The first kappa shape index (κ1) is 22.7. The van der Waals surface area contributed by atoms with Crippen molar-refractivity contribution in [3.63, 3.8) is 0 Å². The summed E-state index contributed by atoms with van der Waals surface area (Å²) < 4.78 is 25.3. The molecule has 1 aromatic heterocycles. The molecule has 0 spiro atoms. The van der Waals surface area contributed by atoms with E-state index >= 15 is 4.39 Å². The first-order valence-electron chi connectivity index (χ1n) is 10.8. The minimum Gasteiger partial charge on any atom is -0.444 e. The van der Waals surface area contributed by atoms with Crippen LogP contribution in [0.2, 0.25) is 0 Å². The van der Waals surface area contributed by atoms with Crippen LogP contribution in [-0.4, -0.2) is 61.4 Å². The van der Waals surface area contributed by atoms with Gasteiger partial charge >= 0.3 is 6.09 Å². The highest BCUT2D eigenvalue weighted by Crippen LogP contribution is 2.33. The van der Waals surface area contributed by atoms with Gasteiger partial charge in [0.1, 0.15) is 12.4 Å². The number of halogens is 1. The van der Waals surface area contributed by atoms with Crippen LogP contribution >= 0.6 is 0 Å². The molecule has 176 valence electrons. The lowest BCUT2D eigenvalue weighted by Gasteiger charge is -2.38. The summed E-state index contributed by atoms with van der Waals surface area (Å²) in [5.41, 5.74) is 6.96. The van der Waals surface area contributed by atoms with E-state index in [4.69, 9.17) is 20.6 Å². The molecule has 33 heavy (non-hydrogen) atoms. The van der Waals surface area contributed by atoms with Gasteiger partial charge in [-0.2, -0.15) is 0 Å². The number of nitrogens with one attached hydrogen (secondary N) is 2. The molecule has 0 unspecified atom stereocenters. The lowest BCUT2D eigenvalue weighted by molar-refractivity contribution is 0.0778. The van der Waals surface area contributed by atoms with Gasteiger partial charge in [0.05, 0.1) is 24.2 Å². The Morgan fingerprint density at radius 1 is 1.24 bits per heavy atom. The van der Waals surface area contributed by atoms with Gasteiger partial charge in [-0.05, 0) is 24.3 Å². The molecule has 2 saturated heterocycles. The monoisotopic (exact) mass is 457 g/mol. The number of hydrogen-bond donors (Lipinski definition) is 3. The number of guanidine groups is 1. The van der Waals surface area contributed by atoms with Crippen LogP contribution in [0.3, 0.4) is 0 Å². The Bertz CT molecular complexity index is 990. The molecule has 3 heterocycles. The van der Waals surface area contributed by atoms with Crippen molar-refractivity contribution in [2.24, 2.45) is 5.73 Å². The number of rotatable bonds is 6. The largest absolute Gasteiger partial charge is 0.444 e. The summed E-state index contributed by atoms with van der Waals surface area (Å²) in [5, 5.41) is 9.03. The van der Waals surface area contributed by atoms with Gasteiger partial charge in [0.15, 0.2) is 5.96 Å². The third-order valence-corrected chi connectivity index (χ3v) is 6.09. The molecule has 2 aliphatic rings. The predicted molar refractivity (Wildman–Crippen MR) is 121 cm³/mol. The Labute approximate surface area is 191 Å². The number of ether oxygens (including phenoxy) is 2. The van der Waals surface area contributed by atoms with Gasteiger partial charge in [-0.15, -0.1) is 0 Å². The van der Waals surface area contributed by atoms with E-state index < -0.39 is 12.1 Å². The van der Waals surface area contributed by atoms with Crippen molar-refractivity contribution in [2.75, 3.05) is 43.1 Å². The van der Waals surface area contributed by atoms with E-state index in [9.17, 15) is 4.79 Å². The topological polar surface area (TPSA) is 130 Å². The van der Waals surface area contributed by atoms with Crippen LogP contribution in [0.15, 0.2) is 30.6 Å². The highest BCUT2D eigenvalue weighted by atomic mass is 19.1. The molecule has 1 aromatic carbocycles. The highest BCUT2D eigenvalue weighted by molar-refractivity contribution is 5.90. The van der Waals surface area contributed by atoms with Gasteiger partial charge < -0.3 is 25.0 Å². The molecule has 0 atom stereocenters. The molecule has 10 nitrogen and oxygen atoms in total. The molecule has 1 amide bonds. The molecular formula is C22H28FN7O3. The number of carbonyl (C=O) groups excluding carboxylic acids is 1. The molecule has 4 rings (SSSR count). The number of aromatic nitrogens is 2. The summed E-state index contributed by atoms with van der Waals surface area (Å²) in [4.78, 5) is 24.8. The minimum absolute atomic E-state index is 0.0690. The number of piperidine rings is 1. The van der Waals surface area contributed by atoms with Crippen molar-refractivity contribution in [3.05, 3.63) is 47.5 Å². The fourth-order valence-electron chi connectivity index (χ4n) is 4.16. The maximum absolute atomic E-state index is 15.1. The van der Waals surface area contributed by atoms with Gasteiger partial charge in [0.25, 0.3) is 0 Å². The maximum atomic E-state index is 15.1. The summed E-state index contributed by atoms with van der Waals surface area (Å²) in [5.74, 6) is -0.107. The molecular weight excluding hydrogens is 429 g/mol. The molecule has 0 radical (unpaired) electrons. The summed E-state index contributed by atoms with van der Waals surface area (Å²) in [7, 11) is 1.71. The van der Waals surface area contributed by atoms with Gasteiger partial charge in [-0.1, -0.05) is 18.2 Å². The van der Waals surface area contributed by atoms with Gasteiger partial charge in [-0.3, -0.25) is 10.7 Å². The quantitative estimate of drug-likeness (QED) is 0.443. The molecule has 0 saturated carbocycles. The van der Waals surface area contributed by atoms with E-state index in [0.717, 1.165) is 44.7 Å². The van der Waals surface area contributed by atoms with Crippen LogP contribution in [-0.2, 0) is 16.1 Å². The summed E-state index contributed by atoms with van der Waals surface area (Å²) in [6, 6.07) is 5.14. The lowest BCUT2D eigenvalue weighted by atomic mass is 9.88. The van der Waals surface area contributed by atoms with Crippen molar-refractivity contribution in [1.82, 2.24) is 15.3 Å². The number of carbonyl (C=O) groups is 1. The second-order valence-corrected chi connectivity index (χ2v) is 8.20. The van der Waals surface area contributed by atoms with Crippen molar-refractivity contribution >= 4 is 23.7 Å². The average molecular weight is 458 g/mol. The van der Waals surface area contributed by atoms with Crippen LogP contribution in [0.4, 0.5) is 20.8 Å². The van der Waals surface area contributed by atoms with Crippen molar-refractivity contribution in [1.29, 1.82) is 5.41 Å². The number of benzene rings is 1. The van der Waals surface area contributed by atoms with E-state index in [1.165, 1.54) is 0 Å². The number of nitrogens with zero attached hydrogens (tertiary/aromatic N) is 4. The number of methoxy groups -OCH3 is 1. The van der Waals surface area contributed by atoms with Gasteiger partial charge in [-0.25, -0.2) is 19.2 Å². The third-order valence-electron chi connectivity index (χ3n) is 6.09. The van der Waals surface area contributed by atoms with Crippen LogP contribution in [0.25, 0.3) is 0 Å². The van der Waals surface area contributed by atoms with Gasteiger partial charge in [0.2, 0.25) is 5.95 Å². The Morgan fingerprint density at radius 3 is 2.58 bits per heavy atom. The predicted octanol–water partition coefficient (Wildman–Crippen LogP) is 1.95. The maximum Gasteiger partial charge on any atom is 0.414 e. The van der Waals surface area contributed by atoms with E-state index in [1.807, 2.05) is 17.7 Å². The zero-order valence-corrected chi connectivity index (χ0v) is 18.5. The summed E-state index contributed by atoms with van der Waals surface area (Å²) in [6.45, 7) is 2.91. The van der Waals surface area contributed by atoms with E-state index in [-0.39, 0.29) is 24.4 Å². The molecule has 2 fully saturated rings. The smallest absolute Gasteiger partial charge is 0.414 e. The second-order valence-electron chi connectivity index (χ2n) is 8.20. The number of nitrogens with two attached hydrogens (primary N) is 1. The van der Waals surface area contributed by atoms with E-state index in [2.05, 4.69) is 19.8 Å². The summed E-state index contributed by atoms with van der Waals surface area (Å²) >= 11 is 0. The summed E-state index contributed by atoms with van der Waals surface area (Å²) in [6.07, 6.45) is 4.61. The SMILES string of the molecule is COC1CN(c2ncc(N3CCC(c4cccc(COC(=O)NC(=N)N)c4F)CC3)cn2)C1. The van der Waals surface area contributed by atoms with Gasteiger partial charge in [0, 0.05) is 38.9 Å². The standard InChI is InChI=1S/C22H28FN7O3/c1-32-17-11-30(12-17)21-26-9-16(10-27-21)29-7-5-14(6-8-29)18-4-2-3-15(19(18)23)13-33-22(31)28-20(24)25/h2-4,9-10,14,17H,5-8,11-13H2,1H3,(H4,24,25,28,31). The Hall–Kier alpha value is -3.47. The number of hydrogen-bond acceptors (Lipinski definition) is 8. The second kappa shape index (κ2) is 9.99. The van der Waals surface area contributed by atoms with Crippen LogP contribution in [0.5, 0.6) is 0 Å². The first-order chi connectivity index (χ1) is 15.9.